The zero-order chi connectivity index (χ0) is 16.4. The Morgan fingerprint density at radius 3 is 2.83 bits per heavy atom. The van der Waals surface area contributed by atoms with E-state index in [-0.39, 0.29) is 11.4 Å². The first-order chi connectivity index (χ1) is 11.1. The van der Waals surface area contributed by atoms with Gasteiger partial charge in [0, 0.05) is 23.7 Å². The third-order valence-corrected chi connectivity index (χ3v) is 3.44. The van der Waals surface area contributed by atoms with Gasteiger partial charge in [0.2, 0.25) is 5.88 Å². The van der Waals surface area contributed by atoms with Crippen molar-refractivity contribution >= 4 is 11.6 Å². The second-order valence-electron chi connectivity index (χ2n) is 4.95. The van der Waals surface area contributed by atoms with E-state index in [0.29, 0.717) is 24.2 Å². The summed E-state index contributed by atoms with van der Waals surface area (Å²) in [5.74, 6) is -1.58. The second kappa shape index (κ2) is 6.12. The van der Waals surface area contributed by atoms with Crippen molar-refractivity contribution < 1.29 is 18.3 Å². The summed E-state index contributed by atoms with van der Waals surface area (Å²) >= 11 is 0. The molecular weight excluding hydrogens is 304 g/mol. The Morgan fingerprint density at radius 2 is 2.13 bits per heavy atom. The SMILES string of the molecule is COc1ncc(C2=NN(C(=O)c3cccc(F)c3)CC2)cc1F. The highest BCUT2D eigenvalue weighted by molar-refractivity contribution is 6.04. The molecule has 1 aromatic heterocycles. The highest BCUT2D eigenvalue weighted by atomic mass is 19.1. The molecule has 7 heteroatoms. The Labute approximate surface area is 131 Å². The number of methoxy groups -OCH3 is 1. The van der Waals surface area contributed by atoms with Gasteiger partial charge in [-0.05, 0) is 24.3 Å². The largest absolute Gasteiger partial charge is 0.479 e. The molecule has 0 spiro atoms. The fourth-order valence-corrected chi connectivity index (χ4v) is 2.31. The number of ether oxygens (including phenoxy) is 1. The number of pyridine rings is 1. The van der Waals surface area contributed by atoms with Crippen LogP contribution in [0.3, 0.4) is 0 Å². The van der Waals surface area contributed by atoms with Crippen molar-refractivity contribution in [2.45, 2.75) is 6.42 Å². The highest BCUT2D eigenvalue weighted by Crippen LogP contribution is 2.20. The van der Waals surface area contributed by atoms with E-state index < -0.39 is 17.5 Å². The van der Waals surface area contributed by atoms with Crippen molar-refractivity contribution in [3.05, 3.63) is 59.3 Å². The van der Waals surface area contributed by atoms with E-state index in [9.17, 15) is 13.6 Å². The molecule has 3 rings (SSSR count). The number of hydrazone groups is 1. The summed E-state index contributed by atoms with van der Waals surface area (Å²) in [5, 5.41) is 5.43. The van der Waals surface area contributed by atoms with Crippen LogP contribution in [0.1, 0.15) is 22.3 Å². The Bertz CT molecular complexity index is 793. The van der Waals surface area contributed by atoms with Gasteiger partial charge in [0.1, 0.15) is 5.82 Å². The zero-order valence-electron chi connectivity index (χ0n) is 12.3. The summed E-state index contributed by atoms with van der Waals surface area (Å²) in [5.41, 5.74) is 1.25. The Kier molecular flexibility index (Phi) is 4.01. The van der Waals surface area contributed by atoms with E-state index in [1.807, 2.05) is 0 Å². The summed E-state index contributed by atoms with van der Waals surface area (Å²) in [6, 6.07) is 6.67. The van der Waals surface area contributed by atoms with Crippen molar-refractivity contribution in [2.75, 3.05) is 13.7 Å². The van der Waals surface area contributed by atoms with Crippen LogP contribution in [0.2, 0.25) is 0 Å². The molecule has 1 aliphatic heterocycles. The van der Waals surface area contributed by atoms with Crippen LogP contribution in [-0.2, 0) is 0 Å². The van der Waals surface area contributed by atoms with Gasteiger partial charge in [-0.1, -0.05) is 6.07 Å². The van der Waals surface area contributed by atoms with Gasteiger partial charge in [-0.25, -0.2) is 18.8 Å². The quantitative estimate of drug-likeness (QED) is 0.874. The number of rotatable bonds is 3. The third-order valence-electron chi connectivity index (χ3n) is 3.44. The lowest BCUT2D eigenvalue weighted by atomic mass is 10.1. The van der Waals surface area contributed by atoms with E-state index in [4.69, 9.17) is 4.74 Å². The topological polar surface area (TPSA) is 54.8 Å². The molecule has 2 aromatic rings. The van der Waals surface area contributed by atoms with Crippen LogP contribution >= 0.6 is 0 Å². The van der Waals surface area contributed by atoms with E-state index in [2.05, 4.69) is 10.1 Å². The molecule has 1 amide bonds. The molecular formula is C16H13F2N3O2. The van der Waals surface area contributed by atoms with Gasteiger partial charge in [-0.15, -0.1) is 0 Å². The molecule has 0 fully saturated rings. The predicted octanol–water partition coefficient (Wildman–Crippen LogP) is 2.62. The predicted molar refractivity (Wildman–Crippen MR) is 79.3 cm³/mol. The number of benzene rings is 1. The molecule has 2 heterocycles. The number of aromatic nitrogens is 1. The molecule has 1 aliphatic rings. The number of halogens is 2. The molecule has 0 saturated carbocycles. The van der Waals surface area contributed by atoms with Crippen LogP contribution in [0, 0.1) is 11.6 Å². The van der Waals surface area contributed by atoms with Crippen molar-refractivity contribution in [1.29, 1.82) is 0 Å². The van der Waals surface area contributed by atoms with Gasteiger partial charge in [-0.3, -0.25) is 4.79 Å². The van der Waals surface area contributed by atoms with Crippen LogP contribution in [0.5, 0.6) is 5.88 Å². The normalized spacial score (nSPS) is 13.9. The van der Waals surface area contributed by atoms with Gasteiger partial charge >= 0.3 is 0 Å². The second-order valence-corrected chi connectivity index (χ2v) is 4.95. The molecule has 1 aromatic carbocycles. The number of amides is 1. The van der Waals surface area contributed by atoms with Crippen molar-refractivity contribution in [1.82, 2.24) is 9.99 Å². The molecule has 0 bridgehead atoms. The van der Waals surface area contributed by atoms with Crippen molar-refractivity contribution in [2.24, 2.45) is 5.10 Å². The van der Waals surface area contributed by atoms with E-state index in [1.165, 1.54) is 42.6 Å². The Morgan fingerprint density at radius 1 is 1.30 bits per heavy atom. The summed E-state index contributed by atoms with van der Waals surface area (Å²) in [7, 11) is 1.33. The van der Waals surface area contributed by atoms with E-state index in [0.717, 1.165) is 6.07 Å². The minimum absolute atomic E-state index is 0.0972. The van der Waals surface area contributed by atoms with Crippen LogP contribution in [-0.4, -0.2) is 35.3 Å². The van der Waals surface area contributed by atoms with Crippen LogP contribution in [0.4, 0.5) is 8.78 Å². The Balaban J connectivity index is 1.83. The number of carbonyl (C=O) groups excluding carboxylic acids is 1. The summed E-state index contributed by atoms with van der Waals surface area (Å²) in [6.07, 6.45) is 1.91. The summed E-state index contributed by atoms with van der Waals surface area (Å²) in [6.45, 7) is 0.346. The van der Waals surface area contributed by atoms with Crippen LogP contribution < -0.4 is 4.74 Å². The van der Waals surface area contributed by atoms with Gasteiger partial charge in [0.15, 0.2) is 5.82 Å². The van der Waals surface area contributed by atoms with Gasteiger partial charge in [0.05, 0.1) is 19.4 Å². The van der Waals surface area contributed by atoms with Crippen LogP contribution in [0.15, 0.2) is 41.6 Å². The molecule has 118 valence electrons. The molecule has 0 unspecified atom stereocenters. The lowest BCUT2D eigenvalue weighted by Crippen LogP contribution is -2.23. The van der Waals surface area contributed by atoms with E-state index in [1.54, 1.807) is 0 Å². The smallest absolute Gasteiger partial charge is 0.274 e. The average Bonchev–Trinajstić information content (AvgIpc) is 3.04. The minimum Gasteiger partial charge on any atom is -0.479 e. The minimum atomic E-state index is -0.595. The number of hydrogen-bond donors (Lipinski definition) is 0. The van der Waals surface area contributed by atoms with E-state index >= 15 is 0 Å². The number of hydrogen-bond acceptors (Lipinski definition) is 4. The summed E-state index contributed by atoms with van der Waals surface area (Å²) in [4.78, 5) is 16.1. The maximum atomic E-state index is 13.7. The third kappa shape index (κ3) is 3.03. The first kappa shape index (κ1) is 15.1. The maximum Gasteiger partial charge on any atom is 0.274 e. The summed E-state index contributed by atoms with van der Waals surface area (Å²) < 4.78 is 31.7. The van der Waals surface area contributed by atoms with Crippen LogP contribution in [0.25, 0.3) is 0 Å². The number of nitrogens with zero attached hydrogens (tertiary/aromatic N) is 3. The molecule has 0 radical (unpaired) electrons. The van der Waals surface area contributed by atoms with Gasteiger partial charge in [-0.2, -0.15) is 5.10 Å². The van der Waals surface area contributed by atoms with Crippen molar-refractivity contribution in [3.8, 4) is 5.88 Å². The van der Waals surface area contributed by atoms with Gasteiger partial charge in [0.25, 0.3) is 5.91 Å². The molecule has 0 atom stereocenters. The van der Waals surface area contributed by atoms with Crippen molar-refractivity contribution in [3.63, 3.8) is 0 Å². The lowest BCUT2D eigenvalue weighted by Gasteiger charge is -2.11. The Hall–Kier alpha value is -2.83. The fraction of sp³-hybridized carbons (Fsp3) is 0.188. The molecule has 0 aliphatic carbocycles. The first-order valence-corrected chi connectivity index (χ1v) is 6.93. The first-order valence-electron chi connectivity index (χ1n) is 6.93. The lowest BCUT2D eigenvalue weighted by molar-refractivity contribution is 0.0778. The number of carbonyl (C=O) groups is 1. The molecule has 5 nitrogen and oxygen atoms in total. The monoisotopic (exact) mass is 317 g/mol. The fourth-order valence-electron chi connectivity index (χ4n) is 2.31. The zero-order valence-corrected chi connectivity index (χ0v) is 12.3. The maximum absolute atomic E-state index is 13.7. The molecule has 0 N–H and O–H groups in total. The molecule has 0 saturated heterocycles. The standard InChI is InChI=1S/C16H13F2N3O2/c1-23-15-13(18)8-11(9-19-15)14-5-6-21(20-14)16(22)10-3-2-4-12(17)7-10/h2-4,7-9H,5-6H2,1H3. The highest BCUT2D eigenvalue weighted by Gasteiger charge is 2.23. The molecule has 23 heavy (non-hydrogen) atoms. The average molecular weight is 317 g/mol. The van der Waals surface area contributed by atoms with Gasteiger partial charge < -0.3 is 4.74 Å².